The van der Waals surface area contributed by atoms with Crippen molar-refractivity contribution in [1.29, 1.82) is 0 Å². The van der Waals surface area contributed by atoms with Crippen LogP contribution in [0.4, 0.5) is 0 Å². The number of imidazole rings is 1. The Labute approximate surface area is 102 Å². The molecule has 0 saturated heterocycles. The summed E-state index contributed by atoms with van der Waals surface area (Å²) >= 11 is 0. The molecule has 1 unspecified atom stereocenters. The highest BCUT2D eigenvalue weighted by Crippen LogP contribution is 2.20. The smallest absolute Gasteiger partial charge is 0.327 e. The van der Waals surface area contributed by atoms with Crippen LogP contribution >= 0.6 is 0 Å². The van der Waals surface area contributed by atoms with Gasteiger partial charge in [-0.2, -0.15) is 0 Å². The van der Waals surface area contributed by atoms with E-state index in [1.807, 2.05) is 23.3 Å². The summed E-state index contributed by atoms with van der Waals surface area (Å²) in [5.41, 5.74) is 0.767. The van der Waals surface area contributed by atoms with Crippen LogP contribution in [0.1, 0.15) is 38.9 Å². The van der Waals surface area contributed by atoms with Crippen molar-refractivity contribution >= 4 is 5.97 Å². The Morgan fingerprint density at radius 3 is 2.59 bits per heavy atom. The van der Waals surface area contributed by atoms with E-state index in [1.165, 1.54) is 0 Å². The number of carboxylic acid groups (broad SMARTS) is 1. The molecule has 0 amide bonds. The Hall–Kier alpha value is -1.36. The number of rotatable bonds is 7. The zero-order valence-corrected chi connectivity index (χ0v) is 10.8. The second kappa shape index (κ2) is 6.39. The fourth-order valence-electron chi connectivity index (χ4n) is 2.04. The number of aromatic nitrogens is 2. The van der Waals surface area contributed by atoms with E-state index in [0.717, 1.165) is 18.7 Å². The normalized spacial score (nSPS) is 12.9. The molecule has 1 aromatic rings. The Morgan fingerprint density at radius 2 is 2.12 bits per heavy atom. The number of hydrogen-bond acceptors (Lipinski definition) is 3. The number of aliphatic carboxylic acids is 1. The second-order valence-corrected chi connectivity index (χ2v) is 3.97. The summed E-state index contributed by atoms with van der Waals surface area (Å²) < 4.78 is 1.93. The fourth-order valence-corrected chi connectivity index (χ4v) is 2.04. The maximum atomic E-state index is 11.4. The van der Waals surface area contributed by atoms with Gasteiger partial charge in [0.15, 0.2) is 6.04 Å². The van der Waals surface area contributed by atoms with Gasteiger partial charge in [-0.15, -0.1) is 0 Å². The largest absolute Gasteiger partial charge is 0.480 e. The van der Waals surface area contributed by atoms with Crippen LogP contribution in [0.2, 0.25) is 0 Å². The first kappa shape index (κ1) is 13.7. The van der Waals surface area contributed by atoms with E-state index in [-0.39, 0.29) is 0 Å². The standard InChI is InChI=1S/C12H21N3O2/c1-4-7-15-9-13-8-10(15)11(12(16)17)14(5-2)6-3/h8-9,11H,4-7H2,1-3H3,(H,16,17). The molecular formula is C12H21N3O2. The molecule has 0 spiro atoms. The molecule has 1 atom stereocenters. The van der Waals surface area contributed by atoms with E-state index in [4.69, 9.17) is 0 Å². The molecule has 1 aromatic heterocycles. The van der Waals surface area contributed by atoms with Gasteiger partial charge >= 0.3 is 5.97 Å². The van der Waals surface area contributed by atoms with E-state index < -0.39 is 12.0 Å². The van der Waals surface area contributed by atoms with Crippen molar-refractivity contribution < 1.29 is 9.90 Å². The third-order valence-electron chi connectivity index (χ3n) is 2.90. The molecule has 96 valence electrons. The van der Waals surface area contributed by atoms with Crippen LogP contribution in [-0.4, -0.2) is 38.6 Å². The van der Waals surface area contributed by atoms with E-state index in [2.05, 4.69) is 11.9 Å². The summed E-state index contributed by atoms with van der Waals surface area (Å²) in [4.78, 5) is 17.4. The molecule has 0 fully saturated rings. The first-order valence-corrected chi connectivity index (χ1v) is 6.12. The highest BCUT2D eigenvalue weighted by atomic mass is 16.4. The molecule has 0 saturated carbocycles. The van der Waals surface area contributed by atoms with Crippen molar-refractivity contribution in [3.8, 4) is 0 Å². The summed E-state index contributed by atoms with van der Waals surface area (Å²) in [6.45, 7) is 8.24. The number of aryl methyl sites for hydroxylation is 1. The van der Waals surface area contributed by atoms with Crippen molar-refractivity contribution in [1.82, 2.24) is 14.5 Å². The molecule has 0 aliphatic rings. The van der Waals surface area contributed by atoms with Gasteiger partial charge in [0.1, 0.15) is 0 Å². The van der Waals surface area contributed by atoms with Gasteiger partial charge in [-0.05, 0) is 19.5 Å². The quantitative estimate of drug-likeness (QED) is 0.787. The van der Waals surface area contributed by atoms with E-state index in [1.54, 1.807) is 12.5 Å². The molecule has 0 bridgehead atoms. The SMILES string of the molecule is CCCn1cncc1C(C(=O)O)N(CC)CC. The number of nitrogens with zero attached hydrogens (tertiary/aromatic N) is 3. The summed E-state index contributed by atoms with van der Waals surface area (Å²) in [5.74, 6) is -0.813. The molecule has 0 radical (unpaired) electrons. The van der Waals surface area contributed by atoms with Gasteiger partial charge in [0, 0.05) is 6.54 Å². The molecule has 0 aliphatic carbocycles. The number of hydrogen-bond donors (Lipinski definition) is 1. The molecule has 5 heteroatoms. The van der Waals surface area contributed by atoms with Crippen LogP contribution in [0.5, 0.6) is 0 Å². The average molecular weight is 239 g/mol. The van der Waals surface area contributed by atoms with Gasteiger partial charge in [-0.3, -0.25) is 9.69 Å². The maximum Gasteiger partial charge on any atom is 0.327 e. The molecule has 1 heterocycles. The Kier molecular flexibility index (Phi) is 5.15. The predicted molar refractivity (Wildman–Crippen MR) is 65.8 cm³/mol. The zero-order chi connectivity index (χ0) is 12.8. The number of carboxylic acids is 1. The summed E-state index contributed by atoms with van der Waals surface area (Å²) in [7, 11) is 0. The minimum atomic E-state index is -0.813. The summed E-state index contributed by atoms with van der Waals surface area (Å²) in [6.07, 6.45) is 4.33. The van der Waals surface area contributed by atoms with Crippen molar-refractivity contribution in [2.24, 2.45) is 0 Å². The second-order valence-electron chi connectivity index (χ2n) is 3.97. The first-order chi connectivity index (χ1) is 8.15. The predicted octanol–water partition coefficient (Wildman–Crippen LogP) is 1.76. The van der Waals surface area contributed by atoms with E-state index in [9.17, 15) is 9.90 Å². The molecule has 0 aliphatic heterocycles. The van der Waals surface area contributed by atoms with Crippen molar-refractivity contribution in [3.63, 3.8) is 0 Å². The van der Waals surface area contributed by atoms with Gasteiger partial charge in [-0.1, -0.05) is 20.8 Å². The minimum absolute atomic E-state index is 0.598. The molecule has 1 N–H and O–H groups in total. The van der Waals surface area contributed by atoms with Crippen LogP contribution in [-0.2, 0) is 11.3 Å². The lowest BCUT2D eigenvalue weighted by Crippen LogP contribution is -2.35. The maximum absolute atomic E-state index is 11.4. The van der Waals surface area contributed by atoms with Crippen molar-refractivity contribution in [2.75, 3.05) is 13.1 Å². The Bertz CT molecular complexity index is 358. The van der Waals surface area contributed by atoms with Gasteiger partial charge < -0.3 is 9.67 Å². The Balaban J connectivity index is 3.04. The third-order valence-corrected chi connectivity index (χ3v) is 2.90. The van der Waals surface area contributed by atoms with Crippen LogP contribution in [0.15, 0.2) is 12.5 Å². The lowest BCUT2D eigenvalue weighted by atomic mass is 10.1. The van der Waals surface area contributed by atoms with E-state index in [0.29, 0.717) is 13.1 Å². The topological polar surface area (TPSA) is 58.4 Å². The summed E-state index contributed by atoms with van der Waals surface area (Å²) in [5, 5.41) is 9.39. The lowest BCUT2D eigenvalue weighted by Gasteiger charge is -2.26. The molecule has 5 nitrogen and oxygen atoms in total. The highest BCUT2D eigenvalue weighted by molar-refractivity contribution is 5.74. The Morgan fingerprint density at radius 1 is 1.47 bits per heavy atom. The third kappa shape index (κ3) is 3.06. The molecule has 17 heavy (non-hydrogen) atoms. The van der Waals surface area contributed by atoms with E-state index >= 15 is 0 Å². The minimum Gasteiger partial charge on any atom is -0.480 e. The number of likely N-dealkylation sites (N-methyl/N-ethyl adjacent to an activating group) is 1. The molecule has 0 aromatic carbocycles. The van der Waals surface area contributed by atoms with Crippen LogP contribution in [0.3, 0.4) is 0 Å². The first-order valence-electron chi connectivity index (χ1n) is 6.12. The summed E-state index contributed by atoms with van der Waals surface area (Å²) in [6, 6.07) is -0.598. The van der Waals surface area contributed by atoms with Gasteiger partial charge in [0.25, 0.3) is 0 Å². The lowest BCUT2D eigenvalue weighted by molar-refractivity contribution is -0.143. The fraction of sp³-hybridized carbons (Fsp3) is 0.667. The van der Waals surface area contributed by atoms with Crippen LogP contribution in [0, 0.1) is 0 Å². The molecular weight excluding hydrogens is 218 g/mol. The molecule has 1 rings (SSSR count). The average Bonchev–Trinajstić information content (AvgIpc) is 2.73. The van der Waals surface area contributed by atoms with Crippen LogP contribution < -0.4 is 0 Å². The monoisotopic (exact) mass is 239 g/mol. The zero-order valence-electron chi connectivity index (χ0n) is 10.8. The van der Waals surface area contributed by atoms with Gasteiger partial charge in [-0.25, -0.2) is 4.98 Å². The van der Waals surface area contributed by atoms with Crippen molar-refractivity contribution in [2.45, 2.75) is 39.8 Å². The number of carbonyl (C=O) groups is 1. The van der Waals surface area contributed by atoms with Crippen molar-refractivity contribution in [3.05, 3.63) is 18.2 Å². The van der Waals surface area contributed by atoms with Crippen LogP contribution in [0.25, 0.3) is 0 Å². The van der Waals surface area contributed by atoms with Gasteiger partial charge in [0.2, 0.25) is 0 Å². The highest BCUT2D eigenvalue weighted by Gasteiger charge is 2.28. The van der Waals surface area contributed by atoms with Gasteiger partial charge in [0.05, 0.1) is 18.2 Å².